The summed E-state index contributed by atoms with van der Waals surface area (Å²) in [5.74, 6) is 0. The van der Waals surface area contributed by atoms with Crippen LogP contribution in [0.3, 0.4) is 0 Å². The van der Waals surface area contributed by atoms with E-state index in [1.165, 1.54) is 11.3 Å². The minimum atomic E-state index is -3.59. The Hall–Kier alpha value is -1.24. The number of benzene rings is 1. The highest BCUT2D eigenvalue weighted by Crippen LogP contribution is 2.34. The second-order valence-corrected chi connectivity index (χ2v) is 8.19. The van der Waals surface area contributed by atoms with Crippen LogP contribution in [-0.4, -0.2) is 22.5 Å². The van der Waals surface area contributed by atoms with E-state index < -0.39 is 10.0 Å². The number of sulfonamides is 1. The second-order valence-electron chi connectivity index (χ2n) is 4.71. The Bertz CT molecular complexity index is 739. The SMILES string of the molecule is CCc1ccc(S(=O)(=O)Nc2cccc(Cl)c2N(C)C)s1. The lowest BCUT2D eigenvalue weighted by atomic mass is 10.2. The third kappa shape index (κ3) is 3.51. The Morgan fingerprint density at radius 1 is 1.24 bits per heavy atom. The van der Waals surface area contributed by atoms with Crippen molar-refractivity contribution < 1.29 is 8.42 Å². The molecule has 1 aromatic carbocycles. The normalized spacial score (nSPS) is 11.4. The summed E-state index contributed by atoms with van der Waals surface area (Å²) in [6.45, 7) is 2.00. The highest BCUT2D eigenvalue weighted by atomic mass is 35.5. The van der Waals surface area contributed by atoms with Crippen molar-refractivity contribution in [1.29, 1.82) is 0 Å². The number of rotatable bonds is 5. The molecule has 0 aliphatic carbocycles. The third-order valence-electron chi connectivity index (χ3n) is 2.93. The Morgan fingerprint density at radius 3 is 2.52 bits per heavy atom. The van der Waals surface area contributed by atoms with Crippen LogP contribution in [0.25, 0.3) is 0 Å². The fourth-order valence-corrected chi connectivity index (χ4v) is 4.65. The Kier molecular flexibility index (Phi) is 4.81. The molecule has 1 heterocycles. The number of para-hydroxylation sites is 1. The number of hydrogen-bond acceptors (Lipinski definition) is 4. The summed E-state index contributed by atoms with van der Waals surface area (Å²) in [7, 11) is 0.0454. The van der Waals surface area contributed by atoms with Crippen molar-refractivity contribution >= 4 is 44.3 Å². The monoisotopic (exact) mass is 344 g/mol. The molecule has 0 fully saturated rings. The number of nitrogens with zero attached hydrogens (tertiary/aromatic N) is 1. The van der Waals surface area contributed by atoms with Gasteiger partial charge in [-0.15, -0.1) is 11.3 Å². The van der Waals surface area contributed by atoms with Crippen molar-refractivity contribution in [2.75, 3.05) is 23.7 Å². The average molecular weight is 345 g/mol. The molecule has 0 radical (unpaired) electrons. The summed E-state index contributed by atoms with van der Waals surface area (Å²) in [4.78, 5) is 2.82. The predicted molar refractivity (Wildman–Crippen MR) is 90.3 cm³/mol. The second kappa shape index (κ2) is 6.25. The number of nitrogens with one attached hydrogen (secondary N) is 1. The topological polar surface area (TPSA) is 49.4 Å². The van der Waals surface area contributed by atoms with Crippen LogP contribution in [0.4, 0.5) is 11.4 Å². The summed E-state index contributed by atoms with van der Waals surface area (Å²) in [5, 5.41) is 0.501. The van der Waals surface area contributed by atoms with Crippen molar-refractivity contribution in [2.45, 2.75) is 17.6 Å². The molecular weight excluding hydrogens is 328 g/mol. The van der Waals surface area contributed by atoms with E-state index in [-0.39, 0.29) is 0 Å². The highest BCUT2D eigenvalue weighted by molar-refractivity contribution is 7.94. The average Bonchev–Trinajstić information content (AvgIpc) is 2.87. The highest BCUT2D eigenvalue weighted by Gasteiger charge is 2.19. The van der Waals surface area contributed by atoms with Crippen LogP contribution in [0, 0.1) is 0 Å². The van der Waals surface area contributed by atoms with Gasteiger partial charge in [0.2, 0.25) is 0 Å². The quantitative estimate of drug-likeness (QED) is 0.896. The summed E-state index contributed by atoms with van der Waals surface area (Å²) >= 11 is 7.43. The molecule has 0 amide bonds. The molecule has 0 aliphatic rings. The van der Waals surface area contributed by atoms with Gasteiger partial charge in [0.1, 0.15) is 4.21 Å². The molecule has 0 unspecified atom stereocenters. The van der Waals surface area contributed by atoms with Crippen molar-refractivity contribution in [2.24, 2.45) is 0 Å². The summed E-state index contributed by atoms with van der Waals surface area (Å²) < 4.78 is 27.8. The molecule has 0 spiro atoms. The number of aryl methyl sites for hydroxylation is 1. The first-order chi connectivity index (χ1) is 9.85. The standard InChI is InChI=1S/C14H17ClN2O2S2/c1-4-10-8-9-13(20-10)21(18,19)16-12-7-5-6-11(15)14(12)17(2)3/h5-9,16H,4H2,1-3H3. The van der Waals surface area contributed by atoms with Crippen molar-refractivity contribution in [1.82, 2.24) is 0 Å². The summed E-state index contributed by atoms with van der Waals surface area (Å²) in [6, 6.07) is 8.62. The molecule has 0 aliphatic heterocycles. The van der Waals surface area contributed by atoms with Crippen molar-refractivity contribution in [3.63, 3.8) is 0 Å². The number of halogens is 1. The Labute approximate surface area is 134 Å². The van der Waals surface area contributed by atoms with Crippen LogP contribution in [-0.2, 0) is 16.4 Å². The van der Waals surface area contributed by atoms with Gasteiger partial charge in [0.05, 0.1) is 16.4 Å². The van der Waals surface area contributed by atoms with Gasteiger partial charge >= 0.3 is 0 Å². The summed E-state index contributed by atoms with van der Waals surface area (Å²) in [5.41, 5.74) is 1.12. The van der Waals surface area contributed by atoms with Gasteiger partial charge in [-0.1, -0.05) is 24.6 Å². The smallest absolute Gasteiger partial charge is 0.271 e. The fourth-order valence-electron chi connectivity index (χ4n) is 1.94. The van der Waals surface area contributed by atoms with E-state index in [2.05, 4.69) is 4.72 Å². The molecule has 1 aromatic heterocycles. The lowest BCUT2D eigenvalue weighted by Gasteiger charge is -2.19. The van der Waals surface area contributed by atoms with Crippen molar-refractivity contribution in [3.05, 3.63) is 40.2 Å². The van der Waals surface area contributed by atoms with Gasteiger partial charge in [-0.05, 0) is 30.7 Å². The molecular formula is C14H17ClN2O2S2. The zero-order valence-electron chi connectivity index (χ0n) is 12.1. The maximum absolute atomic E-state index is 12.5. The van der Waals surface area contributed by atoms with Gasteiger partial charge in [-0.2, -0.15) is 0 Å². The van der Waals surface area contributed by atoms with Crippen molar-refractivity contribution in [3.8, 4) is 0 Å². The first-order valence-corrected chi connectivity index (χ1v) is 9.10. The zero-order valence-corrected chi connectivity index (χ0v) is 14.4. The molecule has 114 valence electrons. The van der Waals surface area contributed by atoms with E-state index in [1.807, 2.05) is 27.1 Å². The fraction of sp³-hybridized carbons (Fsp3) is 0.286. The van der Waals surface area contributed by atoms with E-state index in [9.17, 15) is 8.42 Å². The predicted octanol–water partition coefficient (Wildman–Crippen LogP) is 3.83. The first kappa shape index (κ1) is 16.1. The van der Waals surface area contributed by atoms with E-state index >= 15 is 0 Å². The molecule has 2 rings (SSSR count). The van der Waals surface area contributed by atoms with E-state index in [0.717, 1.165) is 11.3 Å². The van der Waals surface area contributed by atoms with Gasteiger partial charge in [-0.3, -0.25) is 4.72 Å². The van der Waals surface area contributed by atoms with Gasteiger partial charge in [-0.25, -0.2) is 8.42 Å². The molecule has 4 nitrogen and oxygen atoms in total. The Morgan fingerprint density at radius 2 is 1.95 bits per heavy atom. The van der Waals surface area contributed by atoms with Gasteiger partial charge in [0.15, 0.2) is 0 Å². The maximum atomic E-state index is 12.5. The van der Waals surface area contributed by atoms with Crippen LogP contribution in [0.2, 0.25) is 5.02 Å². The van der Waals surface area contributed by atoms with Crippen LogP contribution in [0.15, 0.2) is 34.5 Å². The first-order valence-electron chi connectivity index (χ1n) is 6.42. The molecule has 0 atom stereocenters. The number of anilines is 2. The van der Waals surface area contributed by atoms with E-state index in [4.69, 9.17) is 11.6 Å². The van der Waals surface area contributed by atoms with Crippen LogP contribution in [0.1, 0.15) is 11.8 Å². The maximum Gasteiger partial charge on any atom is 0.271 e. The lowest BCUT2D eigenvalue weighted by Crippen LogP contribution is -2.16. The summed E-state index contributed by atoms with van der Waals surface area (Å²) in [6.07, 6.45) is 0.820. The molecule has 21 heavy (non-hydrogen) atoms. The molecule has 2 aromatic rings. The Balaban J connectivity index is 2.39. The molecule has 0 saturated heterocycles. The lowest BCUT2D eigenvalue weighted by molar-refractivity contribution is 0.603. The number of thiophene rings is 1. The van der Waals surface area contributed by atoms with Gasteiger partial charge in [0.25, 0.3) is 10.0 Å². The molecule has 1 N–H and O–H groups in total. The molecule has 0 bridgehead atoms. The zero-order chi connectivity index (χ0) is 15.6. The van der Waals surface area contributed by atoms with Crippen LogP contribution < -0.4 is 9.62 Å². The minimum absolute atomic E-state index is 0.309. The van der Waals surface area contributed by atoms with Crippen LogP contribution in [0.5, 0.6) is 0 Å². The van der Waals surface area contributed by atoms with E-state index in [0.29, 0.717) is 20.6 Å². The minimum Gasteiger partial charge on any atom is -0.375 e. The van der Waals surface area contributed by atoms with Gasteiger partial charge < -0.3 is 4.90 Å². The van der Waals surface area contributed by atoms with Gasteiger partial charge in [0, 0.05) is 19.0 Å². The molecule has 7 heteroatoms. The molecule has 0 saturated carbocycles. The third-order valence-corrected chi connectivity index (χ3v) is 6.32. The largest absolute Gasteiger partial charge is 0.375 e. The van der Waals surface area contributed by atoms with E-state index in [1.54, 1.807) is 29.2 Å². The van der Waals surface area contributed by atoms with Crippen LogP contribution >= 0.6 is 22.9 Å². The number of hydrogen-bond donors (Lipinski definition) is 1.